The molecule has 0 atom stereocenters. The minimum atomic E-state index is 0.599. The summed E-state index contributed by atoms with van der Waals surface area (Å²) in [7, 11) is 0. The molecular formula is C12H11N. The zero-order chi connectivity index (χ0) is 9.52. The Morgan fingerprint density at radius 3 is 2.77 bits per heavy atom. The summed E-state index contributed by atoms with van der Waals surface area (Å²) in [5, 5.41) is 0. The molecule has 0 saturated carbocycles. The van der Waals surface area contributed by atoms with Crippen LogP contribution in [0.25, 0.3) is 0 Å². The molecule has 0 aliphatic carbocycles. The van der Waals surface area contributed by atoms with Crippen LogP contribution < -0.4 is 5.73 Å². The molecular weight excluding hydrogens is 158 g/mol. The van der Waals surface area contributed by atoms with Crippen molar-refractivity contribution in [3.05, 3.63) is 35.4 Å². The highest BCUT2D eigenvalue weighted by Gasteiger charge is 1.87. The highest BCUT2D eigenvalue weighted by molar-refractivity contribution is 5.42. The summed E-state index contributed by atoms with van der Waals surface area (Å²) in [6.07, 6.45) is 5.98. The van der Waals surface area contributed by atoms with E-state index in [1.807, 2.05) is 24.3 Å². The van der Waals surface area contributed by atoms with E-state index in [9.17, 15) is 0 Å². The van der Waals surface area contributed by atoms with Gasteiger partial charge in [-0.2, -0.15) is 0 Å². The first-order chi connectivity index (χ1) is 6.36. The summed E-state index contributed by atoms with van der Waals surface area (Å²) >= 11 is 0. The molecule has 1 heteroatoms. The molecule has 0 bridgehead atoms. The Bertz CT molecular complexity index is 374. The second-order valence-corrected chi connectivity index (χ2v) is 2.57. The van der Waals surface area contributed by atoms with Crippen molar-refractivity contribution < 1.29 is 0 Å². The molecule has 0 aromatic heterocycles. The van der Waals surface area contributed by atoms with Gasteiger partial charge in [-0.25, -0.2) is 0 Å². The highest BCUT2D eigenvalue weighted by Crippen LogP contribution is 2.01. The van der Waals surface area contributed by atoms with Crippen LogP contribution in [0, 0.1) is 24.2 Å². The Morgan fingerprint density at radius 2 is 2.08 bits per heavy atom. The molecule has 1 rings (SSSR count). The minimum absolute atomic E-state index is 0.599. The van der Waals surface area contributed by atoms with Gasteiger partial charge in [0.05, 0.1) is 0 Å². The van der Waals surface area contributed by atoms with Gasteiger partial charge in [0, 0.05) is 24.1 Å². The quantitative estimate of drug-likeness (QED) is 0.631. The Morgan fingerprint density at radius 1 is 1.31 bits per heavy atom. The van der Waals surface area contributed by atoms with Gasteiger partial charge >= 0.3 is 0 Å². The normalized spacial score (nSPS) is 8.31. The van der Waals surface area contributed by atoms with Crippen molar-refractivity contribution >= 4 is 0 Å². The number of benzene rings is 1. The average molecular weight is 169 g/mol. The molecule has 0 heterocycles. The largest absolute Gasteiger partial charge is 0.330 e. The van der Waals surface area contributed by atoms with Crippen LogP contribution in [0.3, 0.4) is 0 Å². The van der Waals surface area contributed by atoms with Gasteiger partial charge in [-0.05, 0) is 18.2 Å². The molecule has 0 aliphatic heterocycles. The molecule has 0 amide bonds. The maximum Gasteiger partial charge on any atom is 0.0257 e. The van der Waals surface area contributed by atoms with Gasteiger partial charge in [-0.15, -0.1) is 6.42 Å². The van der Waals surface area contributed by atoms with Crippen molar-refractivity contribution in [3.63, 3.8) is 0 Å². The van der Waals surface area contributed by atoms with Crippen molar-refractivity contribution in [1.82, 2.24) is 0 Å². The SMILES string of the molecule is C#Cc1cccc(C#CCCN)c1. The lowest BCUT2D eigenvalue weighted by molar-refractivity contribution is 1.03. The van der Waals surface area contributed by atoms with E-state index in [1.54, 1.807) is 0 Å². The Balaban J connectivity index is 2.81. The molecule has 1 aromatic carbocycles. The number of nitrogens with two attached hydrogens (primary N) is 1. The number of hydrogen-bond acceptors (Lipinski definition) is 1. The standard InChI is InChI=1S/C12H11N/c1-2-11-7-5-8-12(10-11)6-3-4-9-13/h1,5,7-8,10H,4,9,13H2. The molecule has 64 valence electrons. The van der Waals surface area contributed by atoms with E-state index in [0.29, 0.717) is 6.54 Å². The van der Waals surface area contributed by atoms with Crippen LogP contribution in [0.1, 0.15) is 17.5 Å². The summed E-state index contributed by atoms with van der Waals surface area (Å²) in [5.41, 5.74) is 7.12. The predicted octanol–water partition coefficient (Wildman–Crippen LogP) is 1.37. The third-order valence-corrected chi connectivity index (χ3v) is 1.53. The van der Waals surface area contributed by atoms with Crippen LogP contribution in [-0.2, 0) is 0 Å². The average Bonchev–Trinajstić information content (AvgIpc) is 2.19. The van der Waals surface area contributed by atoms with Crippen LogP contribution >= 0.6 is 0 Å². The van der Waals surface area contributed by atoms with Gasteiger partial charge < -0.3 is 5.73 Å². The maximum absolute atomic E-state index is 5.31. The van der Waals surface area contributed by atoms with Gasteiger partial charge in [-0.1, -0.05) is 23.8 Å². The molecule has 0 fully saturated rings. The Hall–Kier alpha value is -1.70. The summed E-state index contributed by atoms with van der Waals surface area (Å²) in [4.78, 5) is 0. The lowest BCUT2D eigenvalue weighted by Gasteiger charge is -1.91. The van der Waals surface area contributed by atoms with E-state index in [1.165, 1.54) is 0 Å². The Labute approximate surface area is 79.0 Å². The van der Waals surface area contributed by atoms with Crippen LogP contribution in [0.2, 0.25) is 0 Å². The van der Waals surface area contributed by atoms with E-state index >= 15 is 0 Å². The van der Waals surface area contributed by atoms with E-state index in [2.05, 4.69) is 17.8 Å². The van der Waals surface area contributed by atoms with Gasteiger partial charge in [0.25, 0.3) is 0 Å². The van der Waals surface area contributed by atoms with Gasteiger partial charge in [0.15, 0.2) is 0 Å². The van der Waals surface area contributed by atoms with Crippen LogP contribution in [-0.4, -0.2) is 6.54 Å². The number of hydrogen-bond donors (Lipinski definition) is 1. The summed E-state index contributed by atoms with van der Waals surface area (Å²) in [6.45, 7) is 0.599. The smallest absolute Gasteiger partial charge is 0.0257 e. The van der Waals surface area contributed by atoms with Crippen LogP contribution in [0.4, 0.5) is 0 Å². The first-order valence-electron chi connectivity index (χ1n) is 4.12. The summed E-state index contributed by atoms with van der Waals surface area (Å²) in [5.74, 6) is 8.52. The van der Waals surface area contributed by atoms with Crippen molar-refractivity contribution in [2.24, 2.45) is 5.73 Å². The second-order valence-electron chi connectivity index (χ2n) is 2.57. The van der Waals surface area contributed by atoms with E-state index in [4.69, 9.17) is 12.2 Å². The minimum Gasteiger partial charge on any atom is -0.330 e. The number of rotatable bonds is 1. The molecule has 0 unspecified atom stereocenters. The molecule has 13 heavy (non-hydrogen) atoms. The maximum atomic E-state index is 5.31. The van der Waals surface area contributed by atoms with E-state index < -0.39 is 0 Å². The lowest BCUT2D eigenvalue weighted by Crippen LogP contribution is -1.95. The molecule has 1 nitrogen and oxygen atoms in total. The first kappa shape index (κ1) is 9.39. The third-order valence-electron chi connectivity index (χ3n) is 1.53. The molecule has 0 aliphatic rings. The van der Waals surface area contributed by atoms with E-state index in [0.717, 1.165) is 17.5 Å². The monoisotopic (exact) mass is 169 g/mol. The topological polar surface area (TPSA) is 26.0 Å². The lowest BCUT2D eigenvalue weighted by atomic mass is 10.1. The van der Waals surface area contributed by atoms with Crippen LogP contribution in [0.15, 0.2) is 24.3 Å². The fourth-order valence-electron chi connectivity index (χ4n) is 0.923. The molecule has 0 saturated heterocycles. The summed E-state index contributed by atoms with van der Waals surface area (Å²) < 4.78 is 0. The fourth-order valence-corrected chi connectivity index (χ4v) is 0.923. The summed E-state index contributed by atoms with van der Waals surface area (Å²) in [6, 6.07) is 7.61. The third kappa shape index (κ3) is 3.03. The zero-order valence-electron chi connectivity index (χ0n) is 7.38. The molecule has 1 aromatic rings. The molecule has 0 radical (unpaired) electrons. The van der Waals surface area contributed by atoms with Gasteiger partial charge in [0.2, 0.25) is 0 Å². The predicted molar refractivity (Wildman–Crippen MR) is 54.9 cm³/mol. The first-order valence-corrected chi connectivity index (χ1v) is 4.12. The van der Waals surface area contributed by atoms with Crippen molar-refractivity contribution in [2.75, 3.05) is 6.54 Å². The van der Waals surface area contributed by atoms with Crippen molar-refractivity contribution in [3.8, 4) is 24.2 Å². The number of terminal acetylenes is 1. The zero-order valence-corrected chi connectivity index (χ0v) is 7.38. The highest BCUT2D eigenvalue weighted by atomic mass is 14.5. The molecule has 0 spiro atoms. The van der Waals surface area contributed by atoms with Crippen molar-refractivity contribution in [2.45, 2.75) is 6.42 Å². The second kappa shape index (κ2) is 5.04. The molecule has 2 N–H and O–H groups in total. The van der Waals surface area contributed by atoms with E-state index in [-0.39, 0.29) is 0 Å². The van der Waals surface area contributed by atoms with Crippen molar-refractivity contribution in [1.29, 1.82) is 0 Å². The van der Waals surface area contributed by atoms with Crippen LogP contribution in [0.5, 0.6) is 0 Å². The van der Waals surface area contributed by atoms with Gasteiger partial charge in [-0.3, -0.25) is 0 Å². The fraction of sp³-hybridized carbons (Fsp3) is 0.167. The Kier molecular flexibility index (Phi) is 3.64. The van der Waals surface area contributed by atoms with Gasteiger partial charge in [0.1, 0.15) is 0 Å².